The van der Waals surface area contributed by atoms with Gasteiger partial charge in [0.25, 0.3) is 0 Å². The van der Waals surface area contributed by atoms with E-state index >= 15 is 0 Å². The van der Waals surface area contributed by atoms with Gasteiger partial charge in [-0.15, -0.1) is 11.3 Å². The second-order valence-electron chi connectivity index (χ2n) is 6.22. The Bertz CT molecular complexity index is 931. The fraction of sp³-hybridized carbons (Fsp3) is 0.300. The number of anilines is 1. The second-order valence-corrected chi connectivity index (χ2v) is 9.55. The number of hydrogen-bond donors (Lipinski definition) is 2. The van der Waals surface area contributed by atoms with Gasteiger partial charge in [-0.3, -0.25) is 10.1 Å². The van der Waals surface area contributed by atoms with Crippen LogP contribution in [0.3, 0.4) is 0 Å². The topological polar surface area (TPSA) is 78.5 Å². The molecule has 0 saturated heterocycles. The van der Waals surface area contributed by atoms with Crippen LogP contribution in [-0.4, -0.2) is 36.8 Å². The van der Waals surface area contributed by atoms with Crippen LogP contribution in [0.2, 0.25) is 0 Å². The molecule has 1 heterocycles. The van der Waals surface area contributed by atoms with Crippen molar-refractivity contribution in [1.82, 2.24) is 9.62 Å². The first-order valence-corrected chi connectivity index (χ1v) is 12.0. The molecule has 6 nitrogen and oxygen atoms in total. The molecule has 0 fully saturated rings. The molecule has 1 aromatic heterocycles. The minimum Gasteiger partial charge on any atom is -0.332 e. The summed E-state index contributed by atoms with van der Waals surface area (Å²) in [6, 6.07) is 10.1. The summed E-state index contributed by atoms with van der Waals surface area (Å²) in [6.45, 7) is 4.89. The van der Waals surface area contributed by atoms with Gasteiger partial charge in [-0.25, -0.2) is 8.42 Å². The van der Waals surface area contributed by atoms with Crippen LogP contribution in [0.5, 0.6) is 0 Å². The molecule has 2 rings (SSSR count). The van der Waals surface area contributed by atoms with Crippen LogP contribution in [0, 0.1) is 0 Å². The third kappa shape index (κ3) is 7.04. The van der Waals surface area contributed by atoms with Gasteiger partial charge in [0, 0.05) is 29.7 Å². The van der Waals surface area contributed by atoms with Gasteiger partial charge in [0.15, 0.2) is 5.11 Å². The summed E-state index contributed by atoms with van der Waals surface area (Å²) < 4.78 is 27.1. The first-order chi connectivity index (χ1) is 13.9. The Hall–Kier alpha value is -2.07. The Labute approximate surface area is 181 Å². The molecule has 1 amide bonds. The lowest BCUT2D eigenvalue weighted by Gasteiger charge is -2.21. The maximum absolute atomic E-state index is 12.8. The van der Waals surface area contributed by atoms with E-state index < -0.39 is 10.0 Å². The molecule has 2 N–H and O–H groups in total. The molecule has 0 aliphatic carbocycles. The number of sulfonamides is 1. The largest absolute Gasteiger partial charge is 0.332 e. The number of rotatable bonds is 9. The zero-order valence-corrected chi connectivity index (χ0v) is 18.9. The van der Waals surface area contributed by atoms with E-state index in [0.717, 1.165) is 17.7 Å². The predicted molar refractivity (Wildman–Crippen MR) is 123 cm³/mol. The summed E-state index contributed by atoms with van der Waals surface area (Å²) in [5.74, 6) is -0.343. The molecule has 0 saturated carbocycles. The third-order valence-corrected chi connectivity index (χ3v) is 6.83. The first kappa shape index (κ1) is 23.2. The normalized spacial score (nSPS) is 11.7. The molecule has 0 spiro atoms. The summed E-state index contributed by atoms with van der Waals surface area (Å²) >= 11 is 6.67. The third-order valence-electron chi connectivity index (χ3n) is 3.87. The van der Waals surface area contributed by atoms with E-state index in [0.29, 0.717) is 18.8 Å². The number of nitrogens with one attached hydrogen (secondary N) is 2. The number of thiocarbonyl (C=S) groups is 1. The van der Waals surface area contributed by atoms with Crippen molar-refractivity contribution in [3.8, 4) is 0 Å². The fourth-order valence-corrected chi connectivity index (χ4v) is 5.03. The van der Waals surface area contributed by atoms with E-state index in [4.69, 9.17) is 12.2 Å². The van der Waals surface area contributed by atoms with E-state index in [9.17, 15) is 13.2 Å². The van der Waals surface area contributed by atoms with E-state index in [1.807, 2.05) is 31.4 Å². The van der Waals surface area contributed by atoms with Crippen molar-refractivity contribution in [3.05, 3.63) is 52.7 Å². The van der Waals surface area contributed by atoms with Crippen LogP contribution in [0.4, 0.5) is 5.69 Å². The van der Waals surface area contributed by atoms with Crippen LogP contribution < -0.4 is 10.6 Å². The lowest BCUT2D eigenvalue weighted by molar-refractivity contribution is -0.115. The van der Waals surface area contributed by atoms with Gasteiger partial charge in [-0.1, -0.05) is 19.9 Å². The molecule has 0 aliphatic heterocycles. The highest BCUT2D eigenvalue weighted by Gasteiger charge is 2.22. The molecule has 0 radical (unpaired) electrons. The number of hydrogen-bond acceptors (Lipinski definition) is 5. The molecule has 9 heteroatoms. The summed E-state index contributed by atoms with van der Waals surface area (Å²) in [6.07, 6.45) is 4.63. The van der Waals surface area contributed by atoms with Crippen LogP contribution in [-0.2, 0) is 14.8 Å². The quantitative estimate of drug-likeness (QED) is 0.444. The summed E-state index contributed by atoms with van der Waals surface area (Å²) in [5.41, 5.74) is 0.592. The maximum atomic E-state index is 12.8. The van der Waals surface area contributed by atoms with Crippen molar-refractivity contribution in [1.29, 1.82) is 0 Å². The molecule has 156 valence electrons. The smallest absolute Gasteiger partial charge is 0.250 e. The number of carbonyl (C=O) groups excluding carboxylic acids is 1. The Kier molecular flexibility index (Phi) is 8.97. The Morgan fingerprint density at radius 3 is 2.34 bits per heavy atom. The molecular weight excluding hydrogens is 426 g/mol. The highest BCUT2D eigenvalue weighted by atomic mass is 32.2. The van der Waals surface area contributed by atoms with Crippen LogP contribution in [0.15, 0.2) is 52.7 Å². The number of thiophene rings is 1. The standard InChI is InChI=1S/C20H25N3O3S3/c1-3-13-23(14-4-2)29(25,26)18-10-7-16(8-11-18)21-20(27)22-19(24)12-9-17-6-5-15-28-17/h5-12,15H,3-4,13-14H2,1-2H3,(H2,21,22,24,27). The Balaban J connectivity index is 1.97. The Morgan fingerprint density at radius 2 is 1.79 bits per heavy atom. The summed E-state index contributed by atoms with van der Waals surface area (Å²) in [5, 5.41) is 7.51. The predicted octanol–water partition coefficient (Wildman–Crippen LogP) is 4.09. The molecule has 29 heavy (non-hydrogen) atoms. The number of carbonyl (C=O) groups is 1. The maximum Gasteiger partial charge on any atom is 0.250 e. The van der Waals surface area contributed by atoms with E-state index in [1.54, 1.807) is 18.2 Å². The average Bonchev–Trinajstić information content (AvgIpc) is 3.20. The van der Waals surface area contributed by atoms with E-state index in [1.165, 1.54) is 33.9 Å². The fourth-order valence-electron chi connectivity index (χ4n) is 2.57. The number of benzene rings is 1. The average molecular weight is 452 g/mol. The van der Waals surface area contributed by atoms with Gasteiger partial charge in [0.2, 0.25) is 15.9 Å². The van der Waals surface area contributed by atoms with Gasteiger partial charge in [-0.2, -0.15) is 4.31 Å². The van der Waals surface area contributed by atoms with Crippen LogP contribution in [0.25, 0.3) is 6.08 Å². The molecular formula is C20H25N3O3S3. The Morgan fingerprint density at radius 1 is 1.14 bits per heavy atom. The monoisotopic (exact) mass is 451 g/mol. The first-order valence-electron chi connectivity index (χ1n) is 9.30. The zero-order chi connectivity index (χ0) is 21.3. The minimum atomic E-state index is -3.52. The van der Waals surface area contributed by atoms with Crippen molar-refractivity contribution < 1.29 is 13.2 Å². The lowest BCUT2D eigenvalue weighted by atomic mass is 10.3. The molecule has 1 aromatic carbocycles. The van der Waals surface area contributed by atoms with E-state index in [2.05, 4.69) is 10.6 Å². The second kappa shape index (κ2) is 11.2. The van der Waals surface area contributed by atoms with Gasteiger partial charge < -0.3 is 5.32 Å². The summed E-state index contributed by atoms with van der Waals surface area (Å²) in [7, 11) is -3.52. The van der Waals surface area contributed by atoms with Gasteiger partial charge in [0.1, 0.15) is 0 Å². The molecule has 0 unspecified atom stereocenters. The highest BCUT2D eigenvalue weighted by Crippen LogP contribution is 2.19. The van der Waals surface area contributed by atoms with Crippen LogP contribution in [0.1, 0.15) is 31.6 Å². The highest BCUT2D eigenvalue weighted by molar-refractivity contribution is 7.89. The van der Waals surface area contributed by atoms with Crippen molar-refractivity contribution in [2.45, 2.75) is 31.6 Å². The van der Waals surface area contributed by atoms with Gasteiger partial charge in [-0.05, 0) is 66.8 Å². The van der Waals surface area contributed by atoms with Crippen molar-refractivity contribution in [2.24, 2.45) is 0 Å². The lowest BCUT2D eigenvalue weighted by Crippen LogP contribution is -2.33. The number of nitrogens with zero attached hydrogens (tertiary/aromatic N) is 1. The molecule has 0 aliphatic rings. The zero-order valence-electron chi connectivity index (χ0n) is 16.4. The minimum absolute atomic E-state index is 0.139. The summed E-state index contributed by atoms with van der Waals surface area (Å²) in [4.78, 5) is 13.1. The van der Waals surface area contributed by atoms with Crippen molar-refractivity contribution in [3.63, 3.8) is 0 Å². The van der Waals surface area contributed by atoms with Gasteiger partial charge >= 0.3 is 0 Å². The van der Waals surface area contributed by atoms with Crippen LogP contribution >= 0.6 is 23.6 Å². The molecule has 2 aromatic rings. The molecule has 0 bridgehead atoms. The molecule has 0 atom stereocenters. The van der Waals surface area contributed by atoms with E-state index in [-0.39, 0.29) is 15.9 Å². The number of amides is 1. The van der Waals surface area contributed by atoms with Crippen molar-refractivity contribution in [2.75, 3.05) is 18.4 Å². The van der Waals surface area contributed by atoms with Gasteiger partial charge in [0.05, 0.1) is 4.90 Å². The van der Waals surface area contributed by atoms with Crippen molar-refractivity contribution >= 4 is 56.4 Å². The SMILES string of the molecule is CCCN(CCC)S(=O)(=O)c1ccc(NC(=S)NC(=O)C=Cc2cccs2)cc1.